The Kier molecular flexibility index (Phi) is 4.18. The summed E-state index contributed by atoms with van der Waals surface area (Å²) in [4.78, 5) is -2.64. The molecule has 0 aromatic heterocycles. The minimum Gasteiger partial charge on any atom is -0.214 e. The highest BCUT2D eigenvalue weighted by Gasteiger charge is 2.56. The first-order valence-corrected chi connectivity index (χ1v) is 7.51. The molecule has 23 heavy (non-hydrogen) atoms. The van der Waals surface area contributed by atoms with Crippen molar-refractivity contribution in [3.05, 3.63) is 52.9 Å². The van der Waals surface area contributed by atoms with E-state index in [0.717, 1.165) is 6.07 Å². The summed E-state index contributed by atoms with van der Waals surface area (Å²) in [7, 11) is -6.53. The topological polar surface area (TPSA) is 34.1 Å². The van der Waals surface area contributed by atoms with E-state index in [2.05, 4.69) is 0 Å². The van der Waals surface area contributed by atoms with E-state index in [0.29, 0.717) is 5.39 Å². The van der Waals surface area contributed by atoms with Gasteiger partial charge in [-0.15, -0.1) is 0 Å². The second-order valence-corrected chi connectivity index (χ2v) is 6.43. The van der Waals surface area contributed by atoms with Gasteiger partial charge in [-0.3, -0.25) is 0 Å². The summed E-state index contributed by atoms with van der Waals surface area (Å²) in [5, 5.41) is 0.668. The van der Waals surface area contributed by atoms with Gasteiger partial charge in [-0.2, -0.15) is 26.3 Å². The molecule has 0 saturated heterocycles. The largest absolute Gasteiger partial charge is 0.501 e. The predicted octanol–water partition coefficient (Wildman–Crippen LogP) is 4.68. The average Bonchev–Trinajstić information content (AvgIpc) is 2.42. The van der Waals surface area contributed by atoms with Crippen molar-refractivity contribution in [2.45, 2.75) is 11.7 Å². The lowest BCUT2D eigenvalue weighted by atomic mass is 10.0. The maximum absolute atomic E-state index is 12.9. The summed E-state index contributed by atoms with van der Waals surface area (Å²) in [5.74, 6) is 0. The third-order valence-electron chi connectivity index (χ3n) is 2.98. The van der Waals surface area contributed by atoms with Crippen LogP contribution in [0.4, 0.5) is 26.3 Å². The van der Waals surface area contributed by atoms with Gasteiger partial charge in [-0.1, -0.05) is 42.5 Å². The molecule has 0 heterocycles. The highest BCUT2D eigenvalue weighted by molar-refractivity contribution is 7.96. The number of alkyl halides is 6. The molecule has 0 N–H and O–H groups in total. The van der Waals surface area contributed by atoms with E-state index in [1.165, 1.54) is 30.3 Å². The second-order valence-electron chi connectivity index (χ2n) is 4.52. The third-order valence-corrected chi connectivity index (χ3v) is 4.52. The van der Waals surface area contributed by atoms with Crippen molar-refractivity contribution in [1.82, 2.24) is 0 Å². The van der Waals surface area contributed by atoms with Crippen LogP contribution in [0.15, 0.2) is 47.4 Å². The number of benzene rings is 2. The number of rotatable bonds is 2. The Labute approximate surface area is 127 Å². The molecule has 0 aliphatic carbocycles. The number of halogens is 6. The van der Waals surface area contributed by atoms with Gasteiger partial charge in [0.25, 0.3) is 9.84 Å². The van der Waals surface area contributed by atoms with Crippen LogP contribution in [0.1, 0.15) is 5.56 Å². The zero-order chi connectivity index (χ0) is 17.5. The van der Waals surface area contributed by atoms with Crippen molar-refractivity contribution >= 4 is 26.7 Å². The van der Waals surface area contributed by atoms with Crippen LogP contribution in [-0.2, 0) is 9.84 Å². The van der Waals surface area contributed by atoms with Crippen LogP contribution in [0.3, 0.4) is 0 Å². The lowest BCUT2D eigenvalue weighted by Crippen LogP contribution is -2.31. The summed E-state index contributed by atoms with van der Waals surface area (Å²) in [5.41, 5.74) is -6.32. The van der Waals surface area contributed by atoms with Crippen LogP contribution in [0.5, 0.6) is 0 Å². The lowest BCUT2D eigenvalue weighted by Gasteiger charge is -2.15. The molecule has 0 amide bonds. The number of hydrogen-bond acceptors (Lipinski definition) is 2. The molecule has 0 aliphatic heterocycles. The Morgan fingerprint density at radius 1 is 0.870 bits per heavy atom. The van der Waals surface area contributed by atoms with E-state index < -0.39 is 26.4 Å². The van der Waals surface area contributed by atoms with E-state index >= 15 is 0 Å². The second kappa shape index (κ2) is 5.55. The zero-order valence-electron chi connectivity index (χ0n) is 11.1. The molecule has 0 unspecified atom stereocenters. The highest BCUT2D eigenvalue weighted by Crippen LogP contribution is 2.40. The lowest BCUT2D eigenvalue weighted by molar-refractivity contribution is -0.0885. The molecular weight excluding hydrogens is 346 g/mol. The molecular formula is C14H8F6O2S. The molecule has 2 aromatic carbocycles. The van der Waals surface area contributed by atoms with Crippen molar-refractivity contribution in [2.75, 3.05) is 0 Å². The van der Waals surface area contributed by atoms with Crippen LogP contribution in [-0.4, -0.2) is 20.1 Å². The van der Waals surface area contributed by atoms with Gasteiger partial charge in [0.05, 0.1) is 0 Å². The van der Waals surface area contributed by atoms with Crippen LogP contribution in [0.2, 0.25) is 0 Å². The van der Waals surface area contributed by atoms with Crippen LogP contribution < -0.4 is 0 Å². The smallest absolute Gasteiger partial charge is 0.214 e. The minimum absolute atomic E-state index is 0.00512. The van der Waals surface area contributed by atoms with Crippen LogP contribution in [0, 0.1) is 0 Å². The Morgan fingerprint density at radius 2 is 1.43 bits per heavy atom. The fourth-order valence-corrected chi connectivity index (χ4v) is 2.79. The van der Waals surface area contributed by atoms with Crippen molar-refractivity contribution in [3.63, 3.8) is 0 Å². The van der Waals surface area contributed by atoms with E-state index in [-0.39, 0.29) is 17.0 Å². The third kappa shape index (κ3) is 3.34. The summed E-state index contributed by atoms with van der Waals surface area (Å²) >= 11 is 0. The van der Waals surface area contributed by atoms with Gasteiger partial charge in [-0.25, -0.2) is 8.42 Å². The summed E-state index contributed by atoms with van der Waals surface area (Å²) in [6.07, 6.45) is -5.67. The molecule has 0 bridgehead atoms. The molecule has 0 atom stereocenters. The Bertz CT molecular complexity index is 857. The molecule has 0 saturated carbocycles. The van der Waals surface area contributed by atoms with Gasteiger partial charge in [0.1, 0.15) is 0 Å². The maximum atomic E-state index is 12.9. The van der Waals surface area contributed by atoms with E-state index in [4.69, 9.17) is 0 Å². The van der Waals surface area contributed by atoms with Gasteiger partial charge in [0.15, 0.2) is 4.91 Å². The number of sulfone groups is 1. The Morgan fingerprint density at radius 3 is 2.00 bits per heavy atom. The van der Waals surface area contributed by atoms with Crippen molar-refractivity contribution < 1.29 is 34.8 Å². The average molecular weight is 354 g/mol. The molecule has 0 aliphatic rings. The first-order chi connectivity index (χ1) is 10.4. The molecule has 2 aromatic rings. The maximum Gasteiger partial charge on any atom is 0.501 e. The van der Waals surface area contributed by atoms with Gasteiger partial charge in [-0.05, 0) is 22.4 Å². The number of hydrogen-bond donors (Lipinski definition) is 0. The monoisotopic (exact) mass is 354 g/mol. The Balaban J connectivity index is 2.77. The molecule has 0 radical (unpaired) electrons. The molecule has 124 valence electrons. The number of allylic oxidation sites excluding steroid dienone is 1. The van der Waals surface area contributed by atoms with Gasteiger partial charge < -0.3 is 0 Å². The molecule has 2 nitrogen and oxygen atoms in total. The van der Waals surface area contributed by atoms with E-state index in [1.54, 1.807) is 6.07 Å². The van der Waals surface area contributed by atoms with Crippen molar-refractivity contribution in [3.8, 4) is 0 Å². The molecule has 2 rings (SSSR count). The van der Waals surface area contributed by atoms with Crippen molar-refractivity contribution in [1.29, 1.82) is 0 Å². The summed E-state index contributed by atoms with van der Waals surface area (Å²) in [6, 6.07) is 9.96. The molecule has 0 fully saturated rings. The SMILES string of the molecule is O=S(=O)(/C(=C\c1cccc2ccccc12)C(F)(F)F)C(F)(F)F. The quantitative estimate of drug-likeness (QED) is 0.734. The normalized spacial score (nSPS) is 14.3. The van der Waals surface area contributed by atoms with Gasteiger partial charge in [0, 0.05) is 0 Å². The first kappa shape index (κ1) is 17.3. The van der Waals surface area contributed by atoms with Crippen LogP contribution >= 0.6 is 0 Å². The van der Waals surface area contributed by atoms with Crippen LogP contribution in [0.25, 0.3) is 16.8 Å². The van der Waals surface area contributed by atoms with E-state index in [1.807, 2.05) is 0 Å². The zero-order valence-corrected chi connectivity index (χ0v) is 11.9. The fourth-order valence-electron chi connectivity index (χ4n) is 1.95. The molecule has 9 heteroatoms. The Hall–Kier alpha value is -2.03. The fraction of sp³-hybridized carbons (Fsp3) is 0.143. The van der Waals surface area contributed by atoms with Crippen molar-refractivity contribution in [2.24, 2.45) is 0 Å². The van der Waals surface area contributed by atoms with E-state index in [9.17, 15) is 34.8 Å². The summed E-state index contributed by atoms with van der Waals surface area (Å²) < 4.78 is 98.6. The van der Waals surface area contributed by atoms with Gasteiger partial charge >= 0.3 is 11.7 Å². The first-order valence-electron chi connectivity index (χ1n) is 6.02. The highest BCUT2D eigenvalue weighted by atomic mass is 32.2. The number of fused-ring (bicyclic) bond motifs is 1. The van der Waals surface area contributed by atoms with Gasteiger partial charge in [0.2, 0.25) is 0 Å². The summed E-state index contributed by atoms with van der Waals surface area (Å²) in [6.45, 7) is 0. The minimum atomic E-state index is -6.53. The standard InChI is InChI=1S/C14H8F6O2S/c15-13(16,17)12(23(21,22)14(18,19)20)8-10-6-3-5-9-4-1-2-7-11(9)10/h1-8H/b12-8-. The predicted molar refractivity (Wildman–Crippen MR) is 73.0 cm³/mol. The molecule has 0 spiro atoms.